The number of aryl methyl sites for hydroxylation is 2. The second-order valence-corrected chi connectivity index (χ2v) is 20.0. The first-order valence-electron chi connectivity index (χ1n) is 17.0. The van der Waals surface area contributed by atoms with Gasteiger partial charge >= 0.3 is 6.09 Å². The minimum Gasteiger partial charge on any atom is -0.491 e. The molecule has 268 valence electrons. The van der Waals surface area contributed by atoms with Crippen LogP contribution in [0.1, 0.15) is 57.1 Å². The molecule has 3 atom stereocenters. The number of carbonyl (C=O) groups is 1. The zero-order valence-corrected chi connectivity index (χ0v) is 31.8. The number of halogens is 2. The molecule has 1 saturated heterocycles. The number of hydrogen-bond acceptors (Lipinski definition) is 9. The predicted molar refractivity (Wildman–Crippen MR) is 192 cm³/mol. The van der Waals surface area contributed by atoms with Crippen molar-refractivity contribution in [3.05, 3.63) is 40.2 Å². The number of aromatic nitrogens is 3. The number of amides is 1. The van der Waals surface area contributed by atoms with Crippen LogP contribution < -0.4 is 15.0 Å². The van der Waals surface area contributed by atoms with Crippen molar-refractivity contribution in [1.82, 2.24) is 25.3 Å². The summed E-state index contributed by atoms with van der Waals surface area (Å²) in [6.45, 7) is 17.7. The van der Waals surface area contributed by atoms with Gasteiger partial charge in [-0.25, -0.2) is 19.2 Å². The van der Waals surface area contributed by atoms with Gasteiger partial charge < -0.3 is 33.9 Å². The average Bonchev–Trinajstić information content (AvgIpc) is 3.81. The molecule has 2 fully saturated rings. The standard InChI is InChI=1S/C35H50ClFN6O5Si/c1-20-31(30-21(2)41-47-22(30)3)39-32(40-33(20)43(23-10-11-23)29-14-15-38-17-28(29)37)26-16-24(12-13-27(26)36)46-19-25(18-42(7)34(44)45)48-49(8,9)35(4,5)6/h12-13,16,23,25,28-29,38H,10-11,14-15,17-19H2,1-9H3,(H,44,45)/t25-,28?,29?/m1/s1. The zero-order valence-electron chi connectivity index (χ0n) is 30.1. The SMILES string of the molecule is Cc1noc(C)c1-c1nc(-c2cc(OC[C@@H](CN(C)C(=O)O)O[Si](C)(C)C(C)(C)C)ccc2Cl)nc(N(C2CC2)C2CCNCC2F)c1C. The zero-order chi connectivity index (χ0) is 35.8. The van der Waals surface area contributed by atoms with E-state index in [9.17, 15) is 9.90 Å². The van der Waals surface area contributed by atoms with E-state index in [2.05, 4.69) is 49.2 Å². The molecule has 5 rings (SSSR count). The van der Waals surface area contributed by atoms with Crippen LogP contribution in [-0.2, 0) is 4.43 Å². The lowest BCUT2D eigenvalue weighted by Gasteiger charge is -2.39. The molecule has 2 unspecified atom stereocenters. The lowest BCUT2D eigenvalue weighted by molar-refractivity contribution is 0.0794. The maximum atomic E-state index is 15.5. The lowest BCUT2D eigenvalue weighted by Crippen LogP contribution is -2.52. The van der Waals surface area contributed by atoms with Gasteiger partial charge in [0.1, 0.15) is 30.1 Å². The predicted octanol–water partition coefficient (Wildman–Crippen LogP) is 7.43. The summed E-state index contributed by atoms with van der Waals surface area (Å²) in [4.78, 5) is 25.3. The van der Waals surface area contributed by atoms with E-state index in [1.165, 1.54) is 11.9 Å². The smallest absolute Gasteiger partial charge is 0.407 e. The Labute approximate surface area is 294 Å². The summed E-state index contributed by atoms with van der Waals surface area (Å²) in [7, 11) is -0.736. The molecule has 1 saturated carbocycles. The topological polar surface area (TPSA) is 126 Å². The highest BCUT2D eigenvalue weighted by atomic mass is 35.5. The van der Waals surface area contributed by atoms with Crippen LogP contribution >= 0.6 is 11.6 Å². The Kier molecular flexibility index (Phi) is 11.0. The molecule has 1 aromatic carbocycles. The number of hydrogen-bond donors (Lipinski definition) is 2. The molecule has 1 aliphatic heterocycles. The fourth-order valence-corrected chi connectivity index (χ4v) is 7.60. The summed E-state index contributed by atoms with van der Waals surface area (Å²) in [6, 6.07) is 5.16. The third-order valence-electron chi connectivity index (χ3n) is 9.99. The van der Waals surface area contributed by atoms with Crippen LogP contribution in [0.4, 0.5) is 15.0 Å². The average molecular weight is 717 g/mol. The third-order valence-corrected chi connectivity index (χ3v) is 14.9. The van der Waals surface area contributed by atoms with E-state index in [1.54, 1.807) is 18.2 Å². The van der Waals surface area contributed by atoms with Crippen LogP contribution in [0.2, 0.25) is 23.2 Å². The second kappa shape index (κ2) is 14.5. The van der Waals surface area contributed by atoms with Gasteiger partial charge in [-0.05, 0) is 82.9 Å². The molecule has 2 aromatic heterocycles. The monoisotopic (exact) mass is 716 g/mol. The van der Waals surface area contributed by atoms with Crippen molar-refractivity contribution in [2.24, 2.45) is 0 Å². The number of benzene rings is 1. The van der Waals surface area contributed by atoms with Crippen molar-refractivity contribution < 1.29 is 28.0 Å². The number of nitrogens with one attached hydrogen (secondary N) is 1. The van der Waals surface area contributed by atoms with Crippen LogP contribution in [0.3, 0.4) is 0 Å². The Morgan fingerprint density at radius 3 is 2.51 bits per heavy atom. The van der Waals surface area contributed by atoms with Crippen LogP contribution in [0.25, 0.3) is 22.6 Å². The van der Waals surface area contributed by atoms with Crippen LogP contribution in [0.15, 0.2) is 22.7 Å². The number of piperidine rings is 1. The summed E-state index contributed by atoms with van der Waals surface area (Å²) in [5, 5.41) is 17.3. The minimum atomic E-state index is -2.26. The van der Waals surface area contributed by atoms with E-state index in [4.69, 9.17) is 35.3 Å². The number of nitrogens with zero attached hydrogens (tertiary/aromatic N) is 5. The van der Waals surface area contributed by atoms with Gasteiger partial charge in [0, 0.05) is 30.8 Å². The fourth-order valence-electron chi connectivity index (χ4n) is 6.07. The first kappa shape index (κ1) is 37.0. The molecule has 2 aliphatic rings. The van der Waals surface area contributed by atoms with E-state index in [1.807, 2.05) is 20.8 Å². The molecule has 0 radical (unpaired) electrons. The third kappa shape index (κ3) is 8.21. The largest absolute Gasteiger partial charge is 0.491 e. The Balaban J connectivity index is 1.55. The number of ether oxygens (including phenoxy) is 1. The van der Waals surface area contributed by atoms with E-state index in [0.717, 1.165) is 30.5 Å². The minimum absolute atomic E-state index is 0.0788. The molecule has 3 aromatic rings. The second-order valence-electron chi connectivity index (χ2n) is 14.9. The highest BCUT2D eigenvalue weighted by Gasteiger charge is 2.42. The van der Waals surface area contributed by atoms with E-state index >= 15 is 4.39 Å². The molecule has 49 heavy (non-hydrogen) atoms. The molecule has 14 heteroatoms. The van der Waals surface area contributed by atoms with Crippen molar-refractivity contribution in [2.45, 2.75) is 103 Å². The Morgan fingerprint density at radius 2 is 1.92 bits per heavy atom. The summed E-state index contributed by atoms with van der Waals surface area (Å²) >= 11 is 6.85. The maximum absolute atomic E-state index is 15.5. The first-order valence-corrected chi connectivity index (χ1v) is 20.3. The van der Waals surface area contributed by atoms with Gasteiger partial charge in [0.05, 0.1) is 40.7 Å². The van der Waals surface area contributed by atoms with Crippen molar-refractivity contribution in [3.63, 3.8) is 0 Å². The Hall–Kier alpha value is -3.26. The Morgan fingerprint density at radius 1 is 1.20 bits per heavy atom. The van der Waals surface area contributed by atoms with Gasteiger partial charge in [-0.1, -0.05) is 37.5 Å². The van der Waals surface area contributed by atoms with Crippen molar-refractivity contribution >= 4 is 31.8 Å². The number of anilines is 1. The van der Waals surface area contributed by atoms with E-state index < -0.39 is 26.7 Å². The molecule has 1 aliphatic carbocycles. The van der Waals surface area contributed by atoms with E-state index in [-0.39, 0.29) is 30.3 Å². The molecule has 0 bridgehead atoms. The summed E-state index contributed by atoms with van der Waals surface area (Å²) < 4.78 is 34.0. The molecule has 3 heterocycles. The normalized spacial score (nSPS) is 19.1. The number of carboxylic acid groups (broad SMARTS) is 1. The number of rotatable bonds is 12. The molecular formula is C35H50ClFN6O5Si. The quantitative estimate of drug-likeness (QED) is 0.183. The van der Waals surface area contributed by atoms with Gasteiger partial charge in [0.25, 0.3) is 0 Å². The number of alkyl halides is 1. The molecule has 2 N–H and O–H groups in total. The molecule has 0 spiro atoms. The Bertz CT molecular complexity index is 1640. The van der Waals surface area contributed by atoms with Gasteiger partial charge in [-0.3, -0.25) is 0 Å². The van der Waals surface area contributed by atoms with Crippen LogP contribution in [0.5, 0.6) is 5.75 Å². The summed E-state index contributed by atoms with van der Waals surface area (Å²) in [6.07, 6.45) is 0.0147. The van der Waals surface area contributed by atoms with Gasteiger partial charge in [0.2, 0.25) is 0 Å². The van der Waals surface area contributed by atoms with E-state index in [0.29, 0.717) is 58.1 Å². The number of likely N-dealkylation sites (N-methyl/N-ethyl adjacent to an activating group) is 1. The van der Waals surface area contributed by atoms with Crippen LogP contribution in [0, 0.1) is 20.8 Å². The summed E-state index contributed by atoms with van der Waals surface area (Å²) in [5.41, 5.74) is 3.51. The van der Waals surface area contributed by atoms with Crippen molar-refractivity contribution in [2.75, 3.05) is 38.2 Å². The van der Waals surface area contributed by atoms with Crippen molar-refractivity contribution in [3.8, 4) is 28.4 Å². The van der Waals surface area contributed by atoms with Crippen LogP contribution in [-0.4, -0.2) is 97.2 Å². The molecule has 11 nitrogen and oxygen atoms in total. The van der Waals surface area contributed by atoms with Gasteiger partial charge in [0.15, 0.2) is 14.1 Å². The summed E-state index contributed by atoms with van der Waals surface area (Å²) in [5.74, 6) is 2.19. The fraction of sp³-hybridized carbons (Fsp3) is 0.600. The van der Waals surface area contributed by atoms with Gasteiger partial charge in [-0.2, -0.15) is 0 Å². The van der Waals surface area contributed by atoms with Crippen molar-refractivity contribution in [1.29, 1.82) is 0 Å². The highest BCUT2D eigenvalue weighted by Crippen LogP contribution is 2.42. The maximum Gasteiger partial charge on any atom is 0.407 e. The first-order chi connectivity index (χ1) is 23.0. The molecule has 1 amide bonds. The van der Waals surface area contributed by atoms with Gasteiger partial charge in [-0.15, -0.1) is 0 Å². The molecular weight excluding hydrogens is 667 g/mol. The highest BCUT2D eigenvalue weighted by molar-refractivity contribution is 6.74. The lowest BCUT2D eigenvalue weighted by atomic mass is 10.00.